The van der Waals surface area contributed by atoms with Crippen molar-refractivity contribution in [1.29, 1.82) is 0 Å². The number of rotatable bonds is 1. The molecule has 2 heteroatoms. The van der Waals surface area contributed by atoms with E-state index < -0.39 is 6.04 Å². The van der Waals surface area contributed by atoms with Crippen LogP contribution < -0.4 is 0 Å². The lowest BCUT2D eigenvalue weighted by atomic mass is 9.99. The van der Waals surface area contributed by atoms with Gasteiger partial charge in [-0.2, -0.15) is 0 Å². The summed E-state index contributed by atoms with van der Waals surface area (Å²) in [5.41, 5.74) is 0.638. The van der Waals surface area contributed by atoms with Crippen LogP contribution in [0.5, 0.6) is 0 Å². The Morgan fingerprint density at radius 2 is 1.70 bits per heavy atom. The van der Waals surface area contributed by atoms with Gasteiger partial charge < -0.3 is 0 Å². The number of thiophene rings is 1. The van der Waals surface area contributed by atoms with Gasteiger partial charge in [0.15, 0.2) is 0 Å². The predicted octanol–water partition coefficient (Wildman–Crippen LogP) is 6.37. The van der Waals surface area contributed by atoms with Crippen molar-refractivity contribution in [2.45, 2.75) is 0 Å². The van der Waals surface area contributed by atoms with Crippen LogP contribution in [0.4, 0.5) is 0 Å². The molecule has 0 nitrogen and oxygen atoms in total. The van der Waals surface area contributed by atoms with E-state index in [2.05, 4.69) is 0 Å². The van der Waals surface area contributed by atoms with Crippen LogP contribution in [0.15, 0.2) is 66.6 Å². The lowest BCUT2D eigenvalue weighted by molar-refractivity contribution is 1.67. The molecule has 0 aliphatic carbocycles. The lowest BCUT2D eigenvalue weighted by Gasteiger charge is -2.07. The van der Waals surface area contributed by atoms with Gasteiger partial charge in [0.05, 0.1) is 6.85 Å². The first-order valence-electron chi connectivity index (χ1n) is 8.59. The highest BCUT2D eigenvalue weighted by atomic mass is 35.5. The van der Waals surface area contributed by atoms with Crippen molar-refractivity contribution in [3.63, 3.8) is 0 Å². The Bertz CT molecular complexity index is 1140. The molecule has 4 aromatic rings. The standard InChI is InChI=1S/C18H11ClS/c19-14-10-11-16-18(13-8-4-5-9-15(13)20-16)17(14)12-6-2-1-3-7-12/h1-11H/i1D,2D,3D,6D,7D. The molecule has 0 saturated heterocycles. The monoisotopic (exact) mass is 299 g/mol. The lowest BCUT2D eigenvalue weighted by Crippen LogP contribution is -1.81. The van der Waals surface area contributed by atoms with Crippen molar-refractivity contribution in [2.24, 2.45) is 0 Å². The molecule has 0 N–H and O–H groups in total. The summed E-state index contributed by atoms with van der Waals surface area (Å²) in [5, 5.41) is 2.16. The topological polar surface area (TPSA) is 0 Å². The molecule has 1 aromatic heterocycles. The van der Waals surface area contributed by atoms with Crippen molar-refractivity contribution in [3.8, 4) is 11.1 Å². The van der Waals surface area contributed by atoms with Gasteiger partial charge in [-0.05, 0) is 23.8 Å². The van der Waals surface area contributed by atoms with Gasteiger partial charge in [-0.25, -0.2) is 0 Å². The van der Waals surface area contributed by atoms with Crippen LogP contribution in [0, 0.1) is 0 Å². The van der Waals surface area contributed by atoms with Crippen LogP contribution in [0.3, 0.4) is 0 Å². The smallest absolute Gasteiger partial charge is 0.0629 e. The molecule has 0 saturated carbocycles. The third-order valence-corrected chi connectivity index (χ3v) is 4.69. The third-order valence-electron chi connectivity index (χ3n) is 3.24. The predicted molar refractivity (Wildman–Crippen MR) is 89.8 cm³/mol. The maximum absolute atomic E-state index is 8.28. The SMILES string of the molecule is [2H]c1c([2H])c([2H])c(-c2c(Cl)ccc3sc4ccccc4c23)c([2H])c1[2H]. The minimum absolute atomic E-state index is 0.144. The first-order chi connectivity index (χ1) is 11.9. The summed E-state index contributed by atoms with van der Waals surface area (Å²) in [6, 6.07) is 9.85. The van der Waals surface area contributed by atoms with Crippen LogP contribution in [-0.4, -0.2) is 0 Å². The number of benzene rings is 3. The Labute approximate surface area is 133 Å². The van der Waals surface area contributed by atoms with E-state index in [0.717, 1.165) is 20.2 Å². The Balaban J connectivity index is 2.25. The van der Waals surface area contributed by atoms with E-state index in [1.807, 2.05) is 30.3 Å². The quantitative estimate of drug-likeness (QED) is 0.383. The Kier molecular flexibility index (Phi) is 1.81. The highest BCUT2D eigenvalue weighted by Crippen LogP contribution is 2.43. The van der Waals surface area contributed by atoms with Crippen molar-refractivity contribution in [2.75, 3.05) is 0 Å². The number of hydrogen-bond donors (Lipinski definition) is 0. The molecule has 96 valence electrons. The minimum Gasteiger partial charge on any atom is -0.135 e. The van der Waals surface area contributed by atoms with Gasteiger partial charge in [-0.1, -0.05) is 60.0 Å². The maximum atomic E-state index is 8.28. The van der Waals surface area contributed by atoms with Gasteiger partial charge in [-0.3, -0.25) is 0 Å². The molecule has 0 fully saturated rings. The summed E-state index contributed by atoms with van der Waals surface area (Å²) in [6.45, 7) is 0. The molecular weight excluding hydrogens is 284 g/mol. The fourth-order valence-corrected chi connectivity index (χ4v) is 3.78. The summed E-state index contributed by atoms with van der Waals surface area (Å²) in [7, 11) is 0. The average Bonchev–Trinajstić information content (AvgIpc) is 2.99. The first-order valence-corrected chi connectivity index (χ1v) is 7.28. The summed E-state index contributed by atoms with van der Waals surface area (Å²) in [4.78, 5) is 0. The fourth-order valence-electron chi connectivity index (χ4n) is 2.41. The zero-order chi connectivity index (χ0) is 17.9. The normalized spacial score (nSPS) is 14.8. The first kappa shape index (κ1) is 7.82. The minimum atomic E-state index is -0.405. The van der Waals surface area contributed by atoms with Gasteiger partial charge in [-0.15, -0.1) is 11.3 Å². The molecule has 3 aromatic carbocycles. The van der Waals surface area contributed by atoms with E-state index in [1.165, 1.54) is 0 Å². The van der Waals surface area contributed by atoms with Gasteiger partial charge in [0.25, 0.3) is 0 Å². The van der Waals surface area contributed by atoms with E-state index in [0.29, 0.717) is 10.6 Å². The van der Waals surface area contributed by atoms with Crippen LogP contribution in [0.25, 0.3) is 31.3 Å². The molecule has 20 heavy (non-hydrogen) atoms. The van der Waals surface area contributed by atoms with Crippen molar-refractivity contribution >= 4 is 43.1 Å². The van der Waals surface area contributed by atoms with Gasteiger partial charge in [0, 0.05) is 30.8 Å². The maximum Gasteiger partial charge on any atom is 0.0629 e. The van der Waals surface area contributed by atoms with Crippen LogP contribution in [0.2, 0.25) is 5.02 Å². The van der Waals surface area contributed by atoms with E-state index in [-0.39, 0.29) is 29.7 Å². The van der Waals surface area contributed by atoms with Gasteiger partial charge in [0.2, 0.25) is 0 Å². The highest BCUT2D eigenvalue weighted by Gasteiger charge is 2.13. The van der Waals surface area contributed by atoms with Crippen LogP contribution >= 0.6 is 22.9 Å². The second-order valence-corrected chi connectivity index (χ2v) is 5.88. The molecule has 0 unspecified atom stereocenters. The van der Waals surface area contributed by atoms with E-state index in [9.17, 15) is 0 Å². The molecule has 0 radical (unpaired) electrons. The van der Waals surface area contributed by atoms with E-state index in [4.69, 9.17) is 18.5 Å². The molecule has 0 spiro atoms. The molecular formula is C18H11ClS. The summed E-state index contributed by atoms with van der Waals surface area (Å²) in [6.07, 6.45) is 0. The average molecular weight is 300 g/mol. The highest BCUT2D eigenvalue weighted by molar-refractivity contribution is 7.26. The second-order valence-electron chi connectivity index (χ2n) is 4.39. The molecule has 1 heterocycles. The summed E-state index contributed by atoms with van der Waals surface area (Å²) >= 11 is 8.04. The van der Waals surface area contributed by atoms with E-state index >= 15 is 0 Å². The molecule has 4 rings (SSSR count). The zero-order valence-electron chi connectivity index (χ0n) is 15.3. The van der Waals surface area contributed by atoms with Gasteiger partial charge >= 0.3 is 0 Å². The Hall–Kier alpha value is -1.83. The van der Waals surface area contributed by atoms with Crippen LogP contribution in [0.1, 0.15) is 6.85 Å². The van der Waals surface area contributed by atoms with Crippen LogP contribution in [-0.2, 0) is 0 Å². The molecule has 0 atom stereocenters. The molecule has 0 aliphatic heterocycles. The summed E-state index contributed by atoms with van der Waals surface area (Å²) in [5.74, 6) is 0. The van der Waals surface area contributed by atoms with Crippen molar-refractivity contribution in [1.82, 2.24) is 0 Å². The second kappa shape index (κ2) is 4.62. The summed E-state index contributed by atoms with van der Waals surface area (Å²) < 4.78 is 42.3. The fraction of sp³-hybridized carbons (Fsp3) is 0. The third kappa shape index (κ3) is 1.75. The molecule has 0 amide bonds. The van der Waals surface area contributed by atoms with Gasteiger partial charge in [0.1, 0.15) is 0 Å². The zero-order valence-corrected chi connectivity index (χ0v) is 11.8. The molecule has 0 bridgehead atoms. The number of fused-ring (bicyclic) bond motifs is 3. The van der Waals surface area contributed by atoms with Crippen molar-refractivity contribution < 1.29 is 6.85 Å². The van der Waals surface area contributed by atoms with Crippen molar-refractivity contribution in [3.05, 3.63) is 71.6 Å². The Morgan fingerprint density at radius 1 is 0.900 bits per heavy atom. The number of hydrogen-bond acceptors (Lipinski definition) is 1. The molecule has 0 aliphatic rings. The van der Waals surface area contributed by atoms with E-state index in [1.54, 1.807) is 17.4 Å². The largest absolute Gasteiger partial charge is 0.135 e. The number of halogens is 1. The Morgan fingerprint density at radius 3 is 2.55 bits per heavy atom.